The van der Waals surface area contributed by atoms with Gasteiger partial charge >= 0.3 is 0 Å². The molecule has 17 heavy (non-hydrogen) atoms. The fraction of sp³-hybridized carbons (Fsp3) is 0.500. The molecule has 0 aliphatic carbocycles. The highest BCUT2D eigenvalue weighted by Crippen LogP contribution is 2.40. The topological polar surface area (TPSA) is 32.3 Å². The summed E-state index contributed by atoms with van der Waals surface area (Å²) in [4.78, 5) is 14.2. The first-order chi connectivity index (χ1) is 8.29. The van der Waals surface area contributed by atoms with Crippen LogP contribution in [0.1, 0.15) is 36.9 Å². The van der Waals surface area contributed by atoms with Gasteiger partial charge in [0.15, 0.2) is 0 Å². The molecular formula is C14H18N2O. The molecule has 0 saturated carbocycles. The number of carbonyl (C=O) groups is 1. The minimum atomic E-state index is 0.155. The van der Waals surface area contributed by atoms with Crippen molar-refractivity contribution in [2.75, 3.05) is 18.4 Å². The van der Waals surface area contributed by atoms with Gasteiger partial charge in [-0.05, 0) is 36.6 Å². The molecule has 1 aromatic carbocycles. The average molecular weight is 230 g/mol. The highest BCUT2D eigenvalue weighted by Gasteiger charge is 2.34. The monoisotopic (exact) mass is 230 g/mol. The second-order valence-electron chi connectivity index (χ2n) is 4.93. The van der Waals surface area contributed by atoms with Crippen LogP contribution in [-0.4, -0.2) is 23.9 Å². The summed E-state index contributed by atoms with van der Waals surface area (Å²) in [5.74, 6) is 0.155. The predicted octanol–water partition coefficient (Wildman–Crippen LogP) is 2.34. The van der Waals surface area contributed by atoms with Crippen molar-refractivity contribution in [2.45, 2.75) is 32.2 Å². The quantitative estimate of drug-likeness (QED) is 0.845. The van der Waals surface area contributed by atoms with Gasteiger partial charge in [0.1, 0.15) is 0 Å². The standard InChI is InChI=1S/C14H18N2O/c1-2-7-16-8-6-10-4-3-5-11-14(10)12(16)9-13(17)15-11/h3-5,12H,2,6-9H2,1H3,(H,15,17). The van der Waals surface area contributed by atoms with Gasteiger partial charge in [-0.25, -0.2) is 0 Å². The maximum absolute atomic E-state index is 11.7. The lowest BCUT2D eigenvalue weighted by Gasteiger charge is -2.40. The van der Waals surface area contributed by atoms with Gasteiger partial charge in [0.05, 0.1) is 0 Å². The molecule has 0 bridgehead atoms. The zero-order valence-corrected chi connectivity index (χ0v) is 10.2. The molecule has 1 aromatic rings. The Kier molecular flexibility index (Phi) is 2.63. The van der Waals surface area contributed by atoms with Crippen LogP contribution in [0, 0.1) is 0 Å². The highest BCUT2D eigenvalue weighted by atomic mass is 16.1. The molecule has 1 atom stereocenters. The molecule has 3 rings (SSSR count). The Morgan fingerprint density at radius 3 is 3.18 bits per heavy atom. The minimum absolute atomic E-state index is 0.155. The van der Waals surface area contributed by atoms with E-state index in [1.807, 2.05) is 12.1 Å². The number of nitrogens with zero attached hydrogens (tertiary/aromatic N) is 1. The van der Waals surface area contributed by atoms with Crippen LogP contribution in [0.3, 0.4) is 0 Å². The van der Waals surface area contributed by atoms with E-state index >= 15 is 0 Å². The average Bonchev–Trinajstić information content (AvgIpc) is 2.32. The lowest BCUT2D eigenvalue weighted by Crippen LogP contribution is -2.40. The molecule has 0 fully saturated rings. The summed E-state index contributed by atoms with van der Waals surface area (Å²) >= 11 is 0. The van der Waals surface area contributed by atoms with E-state index in [9.17, 15) is 4.79 Å². The molecule has 2 heterocycles. The molecule has 3 nitrogen and oxygen atoms in total. The van der Waals surface area contributed by atoms with Crippen molar-refractivity contribution in [2.24, 2.45) is 0 Å². The summed E-state index contributed by atoms with van der Waals surface area (Å²) in [5.41, 5.74) is 3.82. The normalized spacial score (nSPS) is 23.1. The third kappa shape index (κ3) is 1.75. The van der Waals surface area contributed by atoms with Gasteiger partial charge in [-0.3, -0.25) is 9.69 Å². The van der Waals surface area contributed by atoms with Crippen molar-refractivity contribution in [3.63, 3.8) is 0 Å². The predicted molar refractivity (Wildman–Crippen MR) is 68.0 cm³/mol. The van der Waals surface area contributed by atoms with Crippen LogP contribution in [0.25, 0.3) is 0 Å². The summed E-state index contributed by atoms with van der Waals surface area (Å²) in [5, 5.41) is 3.00. The summed E-state index contributed by atoms with van der Waals surface area (Å²) in [6.07, 6.45) is 2.87. The van der Waals surface area contributed by atoms with Crippen molar-refractivity contribution < 1.29 is 4.79 Å². The molecular weight excluding hydrogens is 212 g/mol. The summed E-state index contributed by atoms with van der Waals surface area (Å²) in [7, 11) is 0. The van der Waals surface area contributed by atoms with E-state index in [0.717, 1.165) is 31.6 Å². The number of anilines is 1. The molecule has 1 unspecified atom stereocenters. The maximum atomic E-state index is 11.7. The summed E-state index contributed by atoms with van der Waals surface area (Å²) < 4.78 is 0. The van der Waals surface area contributed by atoms with Crippen LogP contribution >= 0.6 is 0 Å². The fourth-order valence-corrected chi connectivity index (χ4v) is 3.10. The molecule has 0 aromatic heterocycles. The Hall–Kier alpha value is -1.35. The van der Waals surface area contributed by atoms with Crippen molar-refractivity contribution >= 4 is 11.6 Å². The van der Waals surface area contributed by atoms with Crippen LogP contribution in [0.4, 0.5) is 5.69 Å². The van der Waals surface area contributed by atoms with E-state index in [1.165, 1.54) is 11.1 Å². The Balaban J connectivity index is 2.05. The van der Waals surface area contributed by atoms with E-state index in [-0.39, 0.29) is 5.91 Å². The summed E-state index contributed by atoms with van der Waals surface area (Å²) in [6, 6.07) is 6.58. The second-order valence-corrected chi connectivity index (χ2v) is 4.93. The lowest BCUT2D eigenvalue weighted by atomic mass is 9.86. The fourth-order valence-electron chi connectivity index (χ4n) is 3.10. The van der Waals surface area contributed by atoms with Gasteiger partial charge < -0.3 is 5.32 Å². The highest BCUT2D eigenvalue weighted by molar-refractivity contribution is 5.95. The van der Waals surface area contributed by atoms with E-state index in [4.69, 9.17) is 0 Å². The Labute approximate surface area is 102 Å². The van der Waals surface area contributed by atoms with E-state index in [2.05, 4.69) is 23.2 Å². The van der Waals surface area contributed by atoms with E-state index < -0.39 is 0 Å². The Morgan fingerprint density at radius 1 is 1.47 bits per heavy atom. The first-order valence-corrected chi connectivity index (χ1v) is 6.45. The van der Waals surface area contributed by atoms with Gasteiger partial charge in [0.2, 0.25) is 5.91 Å². The number of benzene rings is 1. The van der Waals surface area contributed by atoms with Gasteiger partial charge in [-0.15, -0.1) is 0 Å². The number of carbonyl (C=O) groups excluding carboxylic acids is 1. The first-order valence-electron chi connectivity index (χ1n) is 6.45. The second kappa shape index (κ2) is 4.15. The molecule has 2 aliphatic rings. The molecule has 0 spiro atoms. The number of hydrogen-bond donors (Lipinski definition) is 1. The van der Waals surface area contributed by atoms with E-state index in [0.29, 0.717) is 12.5 Å². The molecule has 2 aliphatic heterocycles. The molecule has 90 valence electrons. The van der Waals surface area contributed by atoms with Crippen LogP contribution in [0.15, 0.2) is 18.2 Å². The number of hydrogen-bond acceptors (Lipinski definition) is 2. The van der Waals surface area contributed by atoms with Gasteiger partial charge in [-0.2, -0.15) is 0 Å². The molecule has 1 N–H and O–H groups in total. The van der Waals surface area contributed by atoms with Gasteiger partial charge in [0.25, 0.3) is 0 Å². The minimum Gasteiger partial charge on any atom is -0.326 e. The largest absolute Gasteiger partial charge is 0.326 e. The van der Waals surface area contributed by atoms with Crippen LogP contribution < -0.4 is 5.32 Å². The smallest absolute Gasteiger partial charge is 0.226 e. The van der Waals surface area contributed by atoms with Crippen molar-refractivity contribution in [3.8, 4) is 0 Å². The zero-order valence-electron chi connectivity index (χ0n) is 10.2. The van der Waals surface area contributed by atoms with Crippen molar-refractivity contribution in [1.29, 1.82) is 0 Å². The number of amides is 1. The van der Waals surface area contributed by atoms with Crippen LogP contribution in [0.2, 0.25) is 0 Å². The molecule has 1 amide bonds. The summed E-state index contributed by atoms with van der Waals surface area (Å²) in [6.45, 7) is 4.37. The SMILES string of the molecule is CCCN1CCc2cccc3c2C1CC(=O)N3. The lowest BCUT2D eigenvalue weighted by molar-refractivity contribution is -0.118. The molecule has 3 heteroatoms. The van der Waals surface area contributed by atoms with Crippen LogP contribution in [-0.2, 0) is 11.2 Å². The Bertz CT molecular complexity index is 456. The molecule has 0 radical (unpaired) electrons. The van der Waals surface area contributed by atoms with Gasteiger partial charge in [-0.1, -0.05) is 19.1 Å². The maximum Gasteiger partial charge on any atom is 0.226 e. The third-order valence-electron chi connectivity index (χ3n) is 3.80. The van der Waals surface area contributed by atoms with E-state index in [1.54, 1.807) is 0 Å². The zero-order chi connectivity index (χ0) is 11.8. The third-order valence-corrected chi connectivity index (χ3v) is 3.80. The number of rotatable bonds is 2. The van der Waals surface area contributed by atoms with Crippen molar-refractivity contribution in [3.05, 3.63) is 29.3 Å². The van der Waals surface area contributed by atoms with Gasteiger partial charge in [0, 0.05) is 24.7 Å². The number of nitrogens with one attached hydrogen (secondary N) is 1. The van der Waals surface area contributed by atoms with Crippen LogP contribution in [0.5, 0.6) is 0 Å². The first kappa shape index (κ1) is 10.8. The Morgan fingerprint density at radius 2 is 2.35 bits per heavy atom. The molecule has 0 saturated heterocycles. The van der Waals surface area contributed by atoms with Crippen molar-refractivity contribution in [1.82, 2.24) is 4.90 Å².